The lowest BCUT2D eigenvalue weighted by atomic mass is 9.95. The Hall–Kier alpha value is -7.94. The average Bonchev–Trinajstić information content (AvgIpc) is 1.62. The largest absolute Gasteiger partial charge is 0.455 e. The minimum absolute atomic E-state index is 0.222. The molecule has 0 amide bonds. The monoisotopic (exact) mass is 805 g/mol. The van der Waals surface area contributed by atoms with Crippen molar-refractivity contribution in [2.24, 2.45) is 0 Å². The van der Waals surface area contributed by atoms with E-state index in [0.29, 0.717) is 0 Å². The summed E-state index contributed by atoms with van der Waals surface area (Å²) in [5.41, 5.74) is -16.9. The lowest BCUT2D eigenvalue weighted by Gasteiger charge is -2.28. The summed E-state index contributed by atoms with van der Waals surface area (Å²) >= 11 is 0. The Labute approximate surface area is 404 Å². The Morgan fingerprint density at radius 1 is 0.317 bits per heavy atom. The van der Waals surface area contributed by atoms with E-state index in [1.165, 1.54) is 0 Å². The number of rotatable bonds is 8. The molecule has 2 nitrogen and oxygen atoms in total. The van der Waals surface area contributed by atoms with Gasteiger partial charge in [-0.1, -0.05) is 187 Å². The smallest absolute Gasteiger partial charge is 0.145 e. The molecule has 0 unspecified atom stereocenters. The van der Waals surface area contributed by atoms with Gasteiger partial charge in [0.25, 0.3) is 0 Å². The Bertz CT molecular complexity index is 5350. The topological polar surface area (TPSA) is 16.4 Å². The first-order valence-electron chi connectivity index (χ1n) is 36.8. The summed E-state index contributed by atoms with van der Waals surface area (Å²) in [7, 11) is 0. The molecular formula is C58H39NO. The van der Waals surface area contributed by atoms with Gasteiger partial charge in [-0.3, -0.25) is 0 Å². The van der Waals surface area contributed by atoms with Crippen molar-refractivity contribution in [3.63, 3.8) is 0 Å². The first kappa shape index (κ1) is 13.3. The molecule has 282 valence electrons. The van der Waals surface area contributed by atoms with E-state index in [0.717, 1.165) is 0 Å². The maximum Gasteiger partial charge on any atom is 0.145 e. The van der Waals surface area contributed by atoms with Crippen LogP contribution in [0.1, 0.15) is 53.5 Å². The van der Waals surface area contributed by atoms with Crippen molar-refractivity contribution < 1.29 is 57.9 Å². The van der Waals surface area contributed by atoms with Crippen LogP contribution in [0, 0.1) is 0 Å². The molecule has 11 aromatic rings. The summed E-state index contributed by atoms with van der Waals surface area (Å²) < 4.78 is 363. The van der Waals surface area contributed by atoms with Crippen LogP contribution < -0.4 is 4.90 Å². The molecule has 11 rings (SSSR count). The van der Waals surface area contributed by atoms with Crippen molar-refractivity contribution in [3.05, 3.63) is 236 Å². The van der Waals surface area contributed by atoms with Crippen LogP contribution in [0.2, 0.25) is 0 Å². The van der Waals surface area contributed by atoms with Crippen LogP contribution in [0.25, 0.3) is 88.3 Å². The van der Waals surface area contributed by atoms with Crippen molar-refractivity contribution in [2.45, 2.75) is 0 Å². The second kappa shape index (κ2) is 15.1. The Morgan fingerprint density at radius 2 is 0.783 bits per heavy atom. The van der Waals surface area contributed by atoms with E-state index in [2.05, 4.69) is 0 Å². The minimum atomic E-state index is -1.50. The Kier molecular flexibility index (Phi) is 3.34. The van der Waals surface area contributed by atoms with Gasteiger partial charge in [0.15, 0.2) is 0 Å². The van der Waals surface area contributed by atoms with Crippen LogP contribution in [0.3, 0.4) is 0 Å². The third kappa shape index (κ3) is 6.41. The SMILES string of the molecule is [2H]c1c([2H])c([2H])c(-c2c([2H])c([2H])c(-c3c([2H])c([2H])c(N(c4c([2H])c([2H])c(-c5c([2H])c([2H])c([2H])c([2H])c5[2H])c([2H])c4[2H])c4c([2H])c(-c5c([2H])c([2H])c([2H])c([2H])c5[2H])c([2H])c(-c5c([2H])c([2H])c([2H])c([2H])c5[2H])c4[2H])c4c3oc3c5c([2H])c([2H])c([2H])c([2H])c5c([2H])c([2H])c34)c([2H])c2[2H])c([2H])c1[2H]. The predicted octanol–water partition coefficient (Wildman–Crippen LogP) is 16.5. The third-order valence-electron chi connectivity index (χ3n) is 8.80. The van der Waals surface area contributed by atoms with Crippen molar-refractivity contribution in [3.8, 4) is 55.6 Å². The van der Waals surface area contributed by atoms with Crippen molar-refractivity contribution in [1.82, 2.24) is 0 Å². The van der Waals surface area contributed by atoms with Crippen LogP contribution in [0.15, 0.2) is 240 Å². The first-order valence-corrected chi connectivity index (χ1v) is 17.3. The highest BCUT2D eigenvalue weighted by Crippen LogP contribution is 2.48. The second-order valence-electron chi connectivity index (χ2n) is 12.3. The zero-order valence-corrected chi connectivity index (χ0v) is 29.9. The van der Waals surface area contributed by atoms with E-state index < -0.39 is 341 Å². The number of fused-ring (bicyclic) bond motifs is 5. The van der Waals surface area contributed by atoms with Crippen LogP contribution in [0.4, 0.5) is 17.1 Å². The number of nitrogens with zero attached hydrogens (tertiary/aromatic N) is 1. The third-order valence-corrected chi connectivity index (χ3v) is 8.80. The molecule has 0 saturated carbocycles. The average molecular weight is 805 g/mol. The minimum Gasteiger partial charge on any atom is -0.455 e. The Balaban J connectivity index is 1.49. The van der Waals surface area contributed by atoms with Gasteiger partial charge >= 0.3 is 0 Å². The van der Waals surface area contributed by atoms with E-state index in [-0.39, 0.29) is 4.90 Å². The molecule has 2 heteroatoms. The van der Waals surface area contributed by atoms with Crippen molar-refractivity contribution in [1.29, 1.82) is 0 Å². The van der Waals surface area contributed by atoms with Crippen LogP contribution >= 0.6 is 0 Å². The van der Waals surface area contributed by atoms with E-state index in [9.17, 15) is 27.4 Å². The van der Waals surface area contributed by atoms with Gasteiger partial charge in [-0.15, -0.1) is 0 Å². The van der Waals surface area contributed by atoms with Gasteiger partial charge in [-0.05, 0) is 104 Å². The highest BCUT2D eigenvalue weighted by Gasteiger charge is 2.24. The highest BCUT2D eigenvalue weighted by atomic mass is 16.3. The molecule has 1 heterocycles. The van der Waals surface area contributed by atoms with Crippen molar-refractivity contribution >= 4 is 49.8 Å². The fourth-order valence-electron chi connectivity index (χ4n) is 6.17. The summed E-state index contributed by atoms with van der Waals surface area (Å²) in [6.45, 7) is 0. The molecule has 0 bridgehead atoms. The van der Waals surface area contributed by atoms with Crippen molar-refractivity contribution in [2.75, 3.05) is 4.90 Å². The molecule has 1 aromatic heterocycles. The van der Waals surface area contributed by atoms with Gasteiger partial charge < -0.3 is 9.32 Å². The normalized spacial score (nSPS) is 20.4. The summed E-state index contributed by atoms with van der Waals surface area (Å²) in [6.07, 6.45) is 0. The van der Waals surface area contributed by atoms with E-state index in [1.54, 1.807) is 0 Å². The fraction of sp³-hybridized carbons (Fsp3) is 0. The Morgan fingerprint density at radius 3 is 1.35 bits per heavy atom. The molecule has 0 aliphatic carbocycles. The molecule has 10 aromatic carbocycles. The van der Waals surface area contributed by atoms with Gasteiger partial charge in [0.2, 0.25) is 0 Å². The molecule has 0 aliphatic rings. The molecule has 0 saturated heterocycles. The molecule has 0 spiro atoms. The summed E-state index contributed by atoms with van der Waals surface area (Å²) in [5.74, 6) is 0. The van der Waals surface area contributed by atoms with E-state index >= 15 is 0 Å². The molecule has 0 fully saturated rings. The number of hydrogen-bond donors (Lipinski definition) is 0. The quantitative estimate of drug-likeness (QED) is 0.152. The maximum atomic E-state index is 10.4. The maximum absolute atomic E-state index is 10.4. The zero-order valence-electron chi connectivity index (χ0n) is 68.9. The van der Waals surface area contributed by atoms with Crippen LogP contribution in [0.5, 0.6) is 0 Å². The van der Waals surface area contributed by atoms with Gasteiger partial charge in [0.1, 0.15) is 11.2 Å². The van der Waals surface area contributed by atoms with Crippen LogP contribution in [-0.2, 0) is 0 Å². The van der Waals surface area contributed by atoms with Gasteiger partial charge in [0, 0.05) is 27.7 Å². The summed E-state index contributed by atoms with van der Waals surface area (Å²) in [4.78, 5) is 0.222. The standard InChI is InChI=1S/C58H39NO/c1-5-15-40(16-6-1)44-25-27-47(28-26-44)53-35-36-55(56-54-34-31-46-23-13-14-24-52(46)57(54)60-58(53)56)59(50-32-29-45(30-33-50)41-17-7-2-8-18-41)51-38-48(42-19-9-3-10-20-42)37-49(39-51)43-21-11-4-12-22-43/h1-39H/i1D,2D,3D,4D,5D,6D,7D,8D,9D,10D,11D,12D,13D,14D,15D,16D,17D,18D,19D,20D,21D,22D,23D,24D,25D,26D,27D,28D,29D,30D,31D,32D,33D,34D,35D,36D,37D,38D,39D. The number of furan rings is 1. The van der Waals surface area contributed by atoms with E-state index in [1.807, 2.05) is 0 Å². The molecule has 0 aliphatic heterocycles. The lowest BCUT2D eigenvalue weighted by molar-refractivity contribution is 0.674. The lowest BCUT2D eigenvalue weighted by Crippen LogP contribution is -2.11. The van der Waals surface area contributed by atoms with Crippen LogP contribution in [-0.4, -0.2) is 0 Å². The molecule has 60 heavy (non-hydrogen) atoms. The number of anilines is 3. The van der Waals surface area contributed by atoms with Gasteiger partial charge in [0.05, 0.1) is 64.5 Å². The van der Waals surface area contributed by atoms with Gasteiger partial charge in [-0.2, -0.15) is 0 Å². The molecule has 0 N–H and O–H groups in total. The molecule has 0 radical (unpaired) electrons. The molecular weight excluding hydrogens is 727 g/mol. The second-order valence-corrected chi connectivity index (χ2v) is 12.3. The molecule has 0 atom stereocenters. The summed E-state index contributed by atoms with van der Waals surface area (Å²) in [5, 5.41) is -3.55. The number of benzene rings is 10. The number of hydrogen-bond acceptors (Lipinski definition) is 2. The highest BCUT2D eigenvalue weighted by molar-refractivity contribution is 6.22. The van der Waals surface area contributed by atoms with E-state index in [4.69, 9.17) is 30.5 Å². The summed E-state index contributed by atoms with van der Waals surface area (Å²) in [6, 6.07) is -46.0. The fourth-order valence-corrected chi connectivity index (χ4v) is 6.17. The first-order chi connectivity index (χ1) is 46.0. The zero-order chi connectivity index (χ0) is 73.8. The van der Waals surface area contributed by atoms with Gasteiger partial charge in [-0.25, -0.2) is 0 Å². The predicted molar refractivity (Wildman–Crippen MR) is 253 cm³/mol.